The normalized spacial score (nSPS) is 14.5. The lowest BCUT2D eigenvalue weighted by molar-refractivity contribution is -0.139. The number of sulfonamides is 1. The Bertz CT molecular complexity index is 1400. The lowest BCUT2D eigenvalue weighted by atomic mass is 10.1. The molecule has 2 amide bonds. The zero-order valence-electron chi connectivity index (χ0n) is 21.6. The highest BCUT2D eigenvalue weighted by Gasteiger charge is 2.34. The molecule has 39 heavy (non-hydrogen) atoms. The number of carbonyl (C=O) groups excluding carboxylic acids is 2. The van der Waals surface area contributed by atoms with Gasteiger partial charge in [-0.2, -0.15) is 0 Å². The van der Waals surface area contributed by atoms with Crippen molar-refractivity contribution in [3.8, 4) is 0 Å². The summed E-state index contributed by atoms with van der Waals surface area (Å²) in [4.78, 5) is 28.6. The van der Waals surface area contributed by atoms with Gasteiger partial charge in [0.05, 0.1) is 15.6 Å². The highest BCUT2D eigenvalue weighted by molar-refractivity contribution is 7.92. The average molecular weight is 589 g/mol. The van der Waals surface area contributed by atoms with E-state index >= 15 is 0 Å². The maximum Gasteiger partial charge on any atom is 0.264 e. The van der Waals surface area contributed by atoms with Gasteiger partial charge < -0.3 is 10.2 Å². The van der Waals surface area contributed by atoms with Crippen LogP contribution in [-0.2, 0) is 26.2 Å². The summed E-state index contributed by atoms with van der Waals surface area (Å²) >= 11 is 12.6. The number of benzene rings is 3. The van der Waals surface area contributed by atoms with Crippen LogP contribution in [0.25, 0.3) is 0 Å². The number of rotatable bonds is 10. The predicted molar refractivity (Wildman–Crippen MR) is 154 cm³/mol. The third-order valence-corrected chi connectivity index (χ3v) is 9.18. The Morgan fingerprint density at radius 1 is 0.949 bits per heavy atom. The molecule has 1 aliphatic rings. The quantitative estimate of drug-likeness (QED) is 0.331. The molecular formula is C29H31Cl2N3O4S. The first kappa shape index (κ1) is 28.9. The van der Waals surface area contributed by atoms with Gasteiger partial charge in [-0.3, -0.25) is 13.9 Å². The van der Waals surface area contributed by atoms with Gasteiger partial charge in [-0.05, 0) is 55.7 Å². The molecular weight excluding hydrogens is 557 g/mol. The molecule has 1 atom stereocenters. The molecule has 0 aliphatic heterocycles. The highest BCUT2D eigenvalue weighted by Crippen LogP contribution is 2.33. The van der Waals surface area contributed by atoms with Crippen LogP contribution in [0.1, 0.15) is 38.2 Å². The predicted octanol–water partition coefficient (Wildman–Crippen LogP) is 5.66. The van der Waals surface area contributed by atoms with Crippen molar-refractivity contribution < 1.29 is 18.0 Å². The number of halogens is 2. The number of hydrogen-bond acceptors (Lipinski definition) is 4. The standard InChI is InChI=1S/C29H31Cl2N3O4S/c1-21(29(36)32-24-12-8-9-13-24)33(19-22-10-4-2-5-11-22)28(35)20-34(27-18-23(30)16-17-26(27)31)39(37,38)25-14-6-3-7-15-25/h2-7,10-11,14-18,21,24H,8-9,12-13,19-20H2,1H3,(H,32,36)/t21-/m1/s1. The van der Waals surface area contributed by atoms with Crippen LogP contribution >= 0.6 is 23.2 Å². The highest BCUT2D eigenvalue weighted by atomic mass is 35.5. The summed E-state index contributed by atoms with van der Waals surface area (Å²) in [6, 6.07) is 20.7. The second-order valence-corrected chi connectivity index (χ2v) is 12.3. The van der Waals surface area contributed by atoms with Gasteiger partial charge in [0, 0.05) is 17.6 Å². The maximum atomic E-state index is 14.0. The summed E-state index contributed by atoms with van der Waals surface area (Å²) in [7, 11) is -4.22. The molecule has 1 fully saturated rings. The first-order valence-electron chi connectivity index (χ1n) is 12.8. The van der Waals surface area contributed by atoms with Crippen molar-refractivity contribution in [2.24, 2.45) is 0 Å². The van der Waals surface area contributed by atoms with Crippen molar-refractivity contribution in [3.63, 3.8) is 0 Å². The lowest BCUT2D eigenvalue weighted by Crippen LogP contribution is -2.52. The van der Waals surface area contributed by atoms with E-state index in [1.807, 2.05) is 30.3 Å². The first-order valence-corrected chi connectivity index (χ1v) is 15.0. The molecule has 1 saturated carbocycles. The number of nitrogens with zero attached hydrogens (tertiary/aromatic N) is 2. The molecule has 10 heteroatoms. The number of anilines is 1. The Morgan fingerprint density at radius 2 is 1.56 bits per heavy atom. The summed E-state index contributed by atoms with van der Waals surface area (Å²) in [6.45, 7) is 1.21. The zero-order valence-corrected chi connectivity index (χ0v) is 23.9. The van der Waals surface area contributed by atoms with Crippen molar-refractivity contribution in [1.82, 2.24) is 10.2 Å². The molecule has 0 unspecified atom stereocenters. The van der Waals surface area contributed by atoms with E-state index in [1.54, 1.807) is 31.2 Å². The Kier molecular flexibility index (Phi) is 9.53. The molecule has 4 rings (SSSR count). The van der Waals surface area contributed by atoms with E-state index < -0.39 is 28.5 Å². The molecule has 0 heterocycles. The topological polar surface area (TPSA) is 86.8 Å². The summed E-state index contributed by atoms with van der Waals surface area (Å²) in [5.74, 6) is -0.826. The van der Waals surface area contributed by atoms with Crippen molar-refractivity contribution >= 4 is 50.7 Å². The van der Waals surface area contributed by atoms with Crippen molar-refractivity contribution in [1.29, 1.82) is 0 Å². The number of nitrogens with one attached hydrogen (secondary N) is 1. The second kappa shape index (κ2) is 12.9. The fourth-order valence-corrected chi connectivity index (χ4v) is 6.55. The third-order valence-electron chi connectivity index (χ3n) is 6.85. The molecule has 206 valence electrons. The zero-order chi connectivity index (χ0) is 28.0. The van der Waals surface area contributed by atoms with Gasteiger partial charge >= 0.3 is 0 Å². The second-order valence-electron chi connectivity index (χ2n) is 9.59. The van der Waals surface area contributed by atoms with E-state index in [0.717, 1.165) is 35.6 Å². The van der Waals surface area contributed by atoms with Crippen LogP contribution in [0.15, 0.2) is 83.8 Å². The average Bonchev–Trinajstić information content (AvgIpc) is 3.45. The van der Waals surface area contributed by atoms with E-state index in [9.17, 15) is 18.0 Å². The van der Waals surface area contributed by atoms with Gasteiger partial charge in [-0.15, -0.1) is 0 Å². The summed E-state index contributed by atoms with van der Waals surface area (Å²) in [5, 5.41) is 3.44. The SMILES string of the molecule is C[C@H](C(=O)NC1CCCC1)N(Cc1ccccc1)C(=O)CN(c1cc(Cl)ccc1Cl)S(=O)(=O)c1ccccc1. The van der Waals surface area contributed by atoms with Gasteiger partial charge in [-0.1, -0.05) is 84.6 Å². The molecule has 3 aromatic carbocycles. The monoisotopic (exact) mass is 587 g/mol. The Labute approximate surface area is 239 Å². The van der Waals surface area contributed by atoms with Crippen molar-refractivity contribution in [2.45, 2.75) is 56.1 Å². The molecule has 1 N–H and O–H groups in total. The molecule has 3 aromatic rings. The Morgan fingerprint density at radius 3 is 2.21 bits per heavy atom. The first-order chi connectivity index (χ1) is 18.7. The van der Waals surface area contributed by atoms with Crippen LogP contribution < -0.4 is 9.62 Å². The van der Waals surface area contributed by atoms with Gasteiger partial charge in [0.2, 0.25) is 11.8 Å². The maximum absolute atomic E-state index is 14.0. The van der Waals surface area contributed by atoms with Gasteiger partial charge in [0.25, 0.3) is 10.0 Å². The summed E-state index contributed by atoms with van der Waals surface area (Å²) in [5.41, 5.74) is 0.883. The molecule has 1 aliphatic carbocycles. The van der Waals surface area contributed by atoms with Gasteiger partial charge in [0.1, 0.15) is 12.6 Å². The van der Waals surface area contributed by atoms with Crippen molar-refractivity contribution in [3.05, 3.63) is 94.5 Å². The Balaban J connectivity index is 1.70. The molecule has 7 nitrogen and oxygen atoms in total. The third kappa shape index (κ3) is 7.12. The molecule has 0 bridgehead atoms. The van der Waals surface area contributed by atoms with Gasteiger partial charge in [0.15, 0.2) is 0 Å². The van der Waals surface area contributed by atoms with E-state index in [2.05, 4.69) is 5.32 Å². The smallest absolute Gasteiger partial charge is 0.264 e. The van der Waals surface area contributed by atoms with E-state index in [0.29, 0.717) is 0 Å². The van der Waals surface area contributed by atoms with Crippen molar-refractivity contribution in [2.75, 3.05) is 10.8 Å². The lowest BCUT2D eigenvalue weighted by Gasteiger charge is -2.32. The van der Waals surface area contributed by atoms with E-state index in [1.165, 1.54) is 29.2 Å². The van der Waals surface area contributed by atoms with Crippen LogP contribution in [0.2, 0.25) is 10.0 Å². The number of carbonyl (C=O) groups is 2. The summed E-state index contributed by atoms with van der Waals surface area (Å²) in [6.07, 6.45) is 3.92. The summed E-state index contributed by atoms with van der Waals surface area (Å²) < 4.78 is 28.6. The minimum absolute atomic E-state index is 0.00419. The van der Waals surface area contributed by atoms with Crippen LogP contribution in [0.5, 0.6) is 0 Å². The minimum atomic E-state index is -4.22. The fourth-order valence-electron chi connectivity index (χ4n) is 4.66. The number of hydrogen-bond donors (Lipinski definition) is 1. The fraction of sp³-hybridized carbons (Fsp3) is 0.310. The van der Waals surface area contributed by atoms with E-state index in [-0.39, 0.29) is 39.1 Å². The number of amides is 2. The van der Waals surface area contributed by atoms with Crippen LogP contribution in [-0.4, -0.2) is 43.8 Å². The molecule has 0 radical (unpaired) electrons. The van der Waals surface area contributed by atoms with Crippen LogP contribution in [0.3, 0.4) is 0 Å². The van der Waals surface area contributed by atoms with Crippen LogP contribution in [0, 0.1) is 0 Å². The molecule has 0 saturated heterocycles. The largest absolute Gasteiger partial charge is 0.352 e. The van der Waals surface area contributed by atoms with E-state index in [4.69, 9.17) is 23.2 Å². The van der Waals surface area contributed by atoms with Crippen LogP contribution in [0.4, 0.5) is 5.69 Å². The van der Waals surface area contributed by atoms with Gasteiger partial charge in [-0.25, -0.2) is 8.42 Å². The molecule has 0 aromatic heterocycles. The Hall–Kier alpha value is -3.07. The minimum Gasteiger partial charge on any atom is -0.352 e. The molecule has 0 spiro atoms.